The average Bonchev–Trinajstić information content (AvgIpc) is 3.50. The number of rotatable bonds is 6. The lowest BCUT2D eigenvalue weighted by Gasteiger charge is -2.34. The number of nitrogens with zero attached hydrogens (tertiary/aromatic N) is 4. The van der Waals surface area contributed by atoms with Gasteiger partial charge in [-0.15, -0.1) is 0 Å². The van der Waals surface area contributed by atoms with Crippen molar-refractivity contribution in [1.82, 2.24) is 14.9 Å². The highest BCUT2D eigenvalue weighted by Gasteiger charge is 2.49. The SMILES string of the molecule is COc1cc2c(Nc3ccc(N4CCN(C)CC4)c(Cl)c3Cl)ncnc2cc1O[C@@H]1COC2[C@H](F)CO[C@H]21. The van der Waals surface area contributed by atoms with E-state index in [0.717, 1.165) is 31.9 Å². The Hall–Kier alpha value is -2.63. The van der Waals surface area contributed by atoms with Crippen molar-refractivity contribution >= 4 is 51.3 Å². The zero-order chi connectivity index (χ0) is 26.4. The van der Waals surface area contributed by atoms with Crippen LogP contribution in [0.4, 0.5) is 21.6 Å². The van der Waals surface area contributed by atoms with Crippen molar-refractivity contribution in [3.63, 3.8) is 0 Å². The number of methoxy groups -OCH3 is 1. The Kier molecular flexibility index (Phi) is 7.09. The molecular weight excluding hydrogens is 536 g/mol. The Morgan fingerprint density at radius 2 is 1.79 bits per heavy atom. The molecule has 0 spiro atoms. The van der Waals surface area contributed by atoms with E-state index < -0.39 is 24.5 Å². The van der Waals surface area contributed by atoms with E-state index >= 15 is 0 Å². The minimum atomic E-state index is -1.15. The second-order valence-corrected chi connectivity index (χ2v) is 10.4. The number of ether oxygens (including phenoxy) is 4. The van der Waals surface area contributed by atoms with Crippen LogP contribution in [0.2, 0.25) is 10.0 Å². The molecule has 1 N–H and O–H groups in total. The van der Waals surface area contributed by atoms with Crippen LogP contribution in [0, 0.1) is 0 Å². The highest BCUT2D eigenvalue weighted by Crippen LogP contribution is 2.41. The van der Waals surface area contributed by atoms with Crippen molar-refractivity contribution < 1.29 is 23.3 Å². The van der Waals surface area contributed by atoms with Gasteiger partial charge in [-0.1, -0.05) is 23.2 Å². The van der Waals surface area contributed by atoms with E-state index in [-0.39, 0.29) is 13.2 Å². The van der Waals surface area contributed by atoms with E-state index in [9.17, 15) is 4.39 Å². The number of anilines is 3. The zero-order valence-electron chi connectivity index (χ0n) is 21.0. The molecule has 38 heavy (non-hydrogen) atoms. The highest BCUT2D eigenvalue weighted by molar-refractivity contribution is 6.45. The lowest BCUT2D eigenvalue weighted by Crippen LogP contribution is -2.44. The summed E-state index contributed by atoms with van der Waals surface area (Å²) >= 11 is 13.4. The quantitative estimate of drug-likeness (QED) is 0.471. The minimum absolute atomic E-state index is 0.00916. The maximum Gasteiger partial charge on any atom is 0.164 e. The first-order chi connectivity index (χ1) is 18.4. The summed E-state index contributed by atoms with van der Waals surface area (Å²) in [4.78, 5) is 13.4. The Morgan fingerprint density at radius 3 is 2.58 bits per heavy atom. The van der Waals surface area contributed by atoms with Gasteiger partial charge in [0.2, 0.25) is 0 Å². The Bertz CT molecular complexity index is 1340. The molecule has 0 aliphatic carbocycles. The van der Waals surface area contributed by atoms with Crippen molar-refractivity contribution in [2.24, 2.45) is 0 Å². The summed E-state index contributed by atoms with van der Waals surface area (Å²) in [7, 11) is 3.66. The number of hydrogen-bond acceptors (Lipinski definition) is 9. The number of piperazine rings is 1. The van der Waals surface area contributed by atoms with Gasteiger partial charge < -0.3 is 34.1 Å². The molecule has 12 heteroatoms. The first-order valence-electron chi connectivity index (χ1n) is 12.5. The van der Waals surface area contributed by atoms with Crippen LogP contribution in [0.25, 0.3) is 10.9 Å². The Labute approximate surface area is 229 Å². The molecule has 4 heterocycles. The molecule has 3 aliphatic rings. The molecule has 0 radical (unpaired) electrons. The first-order valence-corrected chi connectivity index (χ1v) is 13.2. The van der Waals surface area contributed by atoms with Crippen molar-refractivity contribution in [2.75, 3.05) is 63.8 Å². The van der Waals surface area contributed by atoms with Crippen LogP contribution in [0.5, 0.6) is 11.5 Å². The van der Waals surface area contributed by atoms with Gasteiger partial charge in [0.15, 0.2) is 23.8 Å². The maximum absolute atomic E-state index is 14.0. The number of halogens is 3. The molecule has 1 aromatic heterocycles. The van der Waals surface area contributed by atoms with Gasteiger partial charge in [0.05, 0.1) is 47.3 Å². The number of likely N-dealkylation sites (N-methyl/N-ethyl adjacent to an activating group) is 1. The van der Waals surface area contributed by atoms with Gasteiger partial charge in [-0.05, 0) is 25.2 Å². The molecule has 3 aliphatic heterocycles. The third-order valence-electron chi connectivity index (χ3n) is 7.31. The number of benzene rings is 2. The fraction of sp³-hybridized carbons (Fsp3) is 0.462. The van der Waals surface area contributed by atoms with Crippen molar-refractivity contribution in [3.8, 4) is 11.5 Å². The van der Waals surface area contributed by atoms with E-state index in [0.29, 0.717) is 44.0 Å². The lowest BCUT2D eigenvalue weighted by atomic mass is 10.1. The Balaban J connectivity index is 1.26. The van der Waals surface area contributed by atoms with Crippen molar-refractivity contribution in [3.05, 3.63) is 40.6 Å². The van der Waals surface area contributed by atoms with Gasteiger partial charge in [-0.25, -0.2) is 14.4 Å². The number of hydrogen-bond donors (Lipinski definition) is 1. The predicted molar refractivity (Wildman–Crippen MR) is 144 cm³/mol. The molecule has 3 saturated heterocycles. The molecule has 6 rings (SSSR count). The molecule has 9 nitrogen and oxygen atoms in total. The molecule has 0 saturated carbocycles. The maximum atomic E-state index is 14.0. The van der Waals surface area contributed by atoms with Crippen LogP contribution < -0.4 is 19.7 Å². The van der Waals surface area contributed by atoms with Gasteiger partial charge in [-0.3, -0.25) is 0 Å². The summed E-state index contributed by atoms with van der Waals surface area (Å²) in [6, 6.07) is 7.44. The van der Waals surface area contributed by atoms with Crippen LogP contribution in [-0.4, -0.2) is 92.9 Å². The average molecular weight is 564 g/mol. The normalized spacial score (nSPS) is 25.6. The molecule has 0 bridgehead atoms. The van der Waals surface area contributed by atoms with E-state index in [1.165, 1.54) is 6.33 Å². The number of aromatic nitrogens is 2. The van der Waals surface area contributed by atoms with Crippen molar-refractivity contribution in [1.29, 1.82) is 0 Å². The van der Waals surface area contributed by atoms with Crippen LogP contribution in [-0.2, 0) is 9.47 Å². The fourth-order valence-electron chi connectivity index (χ4n) is 5.15. The van der Waals surface area contributed by atoms with Gasteiger partial charge >= 0.3 is 0 Å². The molecule has 3 aromatic rings. The molecule has 4 atom stereocenters. The first kappa shape index (κ1) is 25.6. The second kappa shape index (κ2) is 10.5. The summed E-state index contributed by atoms with van der Waals surface area (Å²) in [5.74, 6) is 1.47. The summed E-state index contributed by atoms with van der Waals surface area (Å²) < 4.78 is 36.9. The van der Waals surface area contributed by atoms with Crippen LogP contribution in [0.1, 0.15) is 0 Å². The number of alkyl halides is 1. The van der Waals surface area contributed by atoms with Crippen molar-refractivity contribution in [2.45, 2.75) is 24.5 Å². The van der Waals surface area contributed by atoms with Crippen LogP contribution in [0.15, 0.2) is 30.6 Å². The summed E-state index contributed by atoms with van der Waals surface area (Å²) in [6.45, 7) is 3.94. The Morgan fingerprint density at radius 1 is 1.00 bits per heavy atom. The molecular formula is C26H28Cl2FN5O4. The van der Waals surface area contributed by atoms with Gasteiger partial charge in [0.1, 0.15) is 24.4 Å². The minimum Gasteiger partial charge on any atom is -0.493 e. The zero-order valence-corrected chi connectivity index (χ0v) is 22.5. The van der Waals surface area contributed by atoms with E-state index in [1.54, 1.807) is 19.2 Å². The number of nitrogens with one attached hydrogen (secondary N) is 1. The number of fused-ring (bicyclic) bond motifs is 2. The molecule has 1 unspecified atom stereocenters. The third kappa shape index (κ3) is 4.69. The van der Waals surface area contributed by atoms with Gasteiger partial charge in [-0.2, -0.15) is 0 Å². The summed E-state index contributed by atoms with van der Waals surface area (Å²) in [6.07, 6.45) is -1.22. The fourth-order valence-corrected chi connectivity index (χ4v) is 5.64. The summed E-state index contributed by atoms with van der Waals surface area (Å²) in [5, 5.41) is 4.91. The van der Waals surface area contributed by atoms with Gasteiger partial charge in [0.25, 0.3) is 0 Å². The predicted octanol–water partition coefficient (Wildman–Crippen LogP) is 4.32. The van der Waals surface area contributed by atoms with E-state index in [1.807, 2.05) is 12.1 Å². The lowest BCUT2D eigenvalue weighted by molar-refractivity contribution is 0.0271. The van der Waals surface area contributed by atoms with Crippen LogP contribution >= 0.6 is 23.2 Å². The molecule has 2 aromatic carbocycles. The van der Waals surface area contributed by atoms with Crippen LogP contribution in [0.3, 0.4) is 0 Å². The monoisotopic (exact) mass is 563 g/mol. The molecule has 3 fully saturated rings. The van der Waals surface area contributed by atoms with Gasteiger partial charge in [0, 0.05) is 37.6 Å². The molecule has 0 amide bonds. The third-order valence-corrected chi connectivity index (χ3v) is 8.18. The highest BCUT2D eigenvalue weighted by atomic mass is 35.5. The standard InChI is InChI=1S/C26H28Cl2FN5O4/c1-33-5-7-34(8-6-33)18-4-3-16(22(27)23(18)28)32-26-14-9-19(35-2)20(10-17(14)30-13-31-26)38-21-12-37-24-15(29)11-36-25(21)24/h3-4,9-10,13,15,21,24-25H,5-8,11-12H2,1-2H3,(H,30,31,32)/t15-,21-,24?,25+/m1/s1. The topological polar surface area (TPSA) is 81.2 Å². The smallest absolute Gasteiger partial charge is 0.164 e. The van der Waals surface area contributed by atoms with E-state index in [2.05, 4.69) is 32.1 Å². The largest absolute Gasteiger partial charge is 0.493 e. The second-order valence-electron chi connectivity index (χ2n) is 9.69. The van der Waals surface area contributed by atoms with E-state index in [4.69, 9.17) is 42.1 Å². The molecule has 202 valence electrons. The summed E-state index contributed by atoms with van der Waals surface area (Å²) in [5.41, 5.74) is 2.16.